The fourth-order valence-electron chi connectivity index (χ4n) is 5.00. The van der Waals surface area contributed by atoms with Crippen molar-refractivity contribution in [1.29, 1.82) is 0 Å². The lowest BCUT2D eigenvalue weighted by atomic mass is 9.85. The van der Waals surface area contributed by atoms with Gasteiger partial charge in [0.1, 0.15) is 0 Å². The molecule has 2 aromatic rings. The molecule has 2 fully saturated rings. The number of benzene rings is 2. The molecule has 2 bridgehead atoms. The molecule has 3 amide bonds. The SMILES string of the molecule is O=C(c1ccc(Cl)cc1)N(Cc1ccc([N+](=O)[O-])cc1)N1C(=O)[C@@H]2[C@H](C1=O)[C@H]1C=C[C@H]2C1. The Labute approximate surface area is 188 Å². The first-order valence-electron chi connectivity index (χ1n) is 10.2. The van der Waals surface area contributed by atoms with E-state index < -0.39 is 22.7 Å². The van der Waals surface area contributed by atoms with E-state index in [1.54, 1.807) is 12.1 Å². The number of non-ortho nitro benzene ring substituents is 1. The molecule has 1 aliphatic heterocycles. The van der Waals surface area contributed by atoms with Crippen LogP contribution in [-0.2, 0) is 16.1 Å². The van der Waals surface area contributed by atoms with E-state index in [9.17, 15) is 24.5 Å². The molecule has 32 heavy (non-hydrogen) atoms. The number of nitro groups is 1. The smallest absolute Gasteiger partial charge is 0.272 e. The fraction of sp³-hybridized carbons (Fsp3) is 0.261. The second kappa shape index (κ2) is 7.56. The van der Waals surface area contributed by atoms with Gasteiger partial charge in [-0.3, -0.25) is 24.5 Å². The molecule has 5 rings (SSSR count). The van der Waals surface area contributed by atoms with Crippen molar-refractivity contribution in [2.24, 2.45) is 23.7 Å². The van der Waals surface area contributed by atoms with Crippen LogP contribution < -0.4 is 0 Å². The number of hydrogen-bond donors (Lipinski definition) is 0. The van der Waals surface area contributed by atoms with E-state index >= 15 is 0 Å². The highest BCUT2D eigenvalue weighted by Crippen LogP contribution is 2.52. The van der Waals surface area contributed by atoms with Crippen LogP contribution in [0.5, 0.6) is 0 Å². The Morgan fingerprint density at radius 2 is 1.56 bits per heavy atom. The summed E-state index contributed by atoms with van der Waals surface area (Å²) in [6, 6.07) is 11.9. The Hall–Kier alpha value is -3.52. The van der Waals surface area contributed by atoms with Gasteiger partial charge in [-0.25, -0.2) is 5.01 Å². The van der Waals surface area contributed by atoms with Crippen molar-refractivity contribution in [2.75, 3.05) is 0 Å². The van der Waals surface area contributed by atoms with Gasteiger partial charge in [-0.1, -0.05) is 35.9 Å². The van der Waals surface area contributed by atoms with E-state index in [1.807, 2.05) is 12.2 Å². The number of hydrogen-bond acceptors (Lipinski definition) is 5. The number of allylic oxidation sites excluding steroid dienone is 2. The Balaban J connectivity index is 1.50. The summed E-state index contributed by atoms with van der Waals surface area (Å²) in [6.07, 6.45) is 4.76. The van der Waals surface area contributed by atoms with Crippen LogP contribution in [0.25, 0.3) is 0 Å². The van der Waals surface area contributed by atoms with Crippen LogP contribution in [0.4, 0.5) is 5.69 Å². The maximum Gasteiger partial charge on any atom is 0.273 e. The quantitative estimate of drug-likeness (QED) is 0.299. The van der Waals surface area contributed by atoms with Gasteiger partial charge in [0.25, 0.3) is 23.4 Å². The van der Waals surface area contributed by atoms with Crippen LogP contribution in [-0.4, -0.2) is 32.7 Å². The highest BCUT2D eigenvalue weighted by Gasteiger charge is 2.61. The van der Waals surface area contributed by atoms with Gasteiger partial charge in [0, 0.05) is 22.7 Å². The molecule has 1 saturated carbocycles. The van der Waals surface area contributed by atoms with Crippen molar-refractivity contribution in [3.63, 3.8) is 0 Å². The number of rotatable bonds is 5. The van der Waals surface area contributed by atoms with Gasteiger partial charge < -0.3 is 0 Å². The van der Waals surface area contributed by atoms with Gasteiger partial charge in [0.05, 0.1) is 23.3 Å². The molecule has 9 heteroatoms. The van der Waals surface area contributed by atoms with Crippen molar-refractivity contribution in [1.82, 2.24) is 10.0 Å². The number of carbonyl (C=O) groups excluding carboxylic acids is 3. The Kier molecular flexibility index (Phi) is 4.82. The molecule has 1 saturated heterocycles. The van der Waals surface area contributed by atoms with Crippen molar-refractivity contribution in [3.8, 4) is 0 Å². The Morgan fingerprint density at radius 1 is 1.00 bits per heavy atom. The molecule has 4 atom stereocenters. The average Bonchev–Trinajstić information content (AvgIpc) is 3.47. The molecule has 8 nitrogen and oxygen atoms in total. The third kappa shape index (κ3) is 3.18. The number of amides is 3. The van der Waals surface area contributed by atoms with Crippen molar-refractivity contribution >= 4 is 35.0 Å². The van der Waals surface area contributed by atoms with E-state index in [4.69, 9.17) is 11.6 Å². The molecule has 0 N–H and O–H groups in total. The van der Waals surface area contributed by atoms with Crippen LogP contribution in [0, 0.1) is 33.8 Å². The average molecular weight is 452 g/mol. The molecule has 0 spiro atoms. The third-order valence-corrected chi connectivity index (χ3v) is 6.75. The summed E-state index contributed by atoms with van der Waals surface area (Å²) in [6.45, 7) is -0.0842. The molecular weight excluding hydrogens is 434 g/mol. The van der Waals surface area contributed by atoms with Crippen LogP contribution in [0.1, 0.15) is 22.3 Å². The normalized spacial score (nSPS) is 25.3. The minimum absolute atomic E-state index is 0.0123. The fourth-order valence-corrected chi connectivity index (χ4v) is 5.12. The standard InChI is InChI=1S/C23H18ClN3O5/c24-17-7-5-14(6-8-17)21(28)25(12-13-1-9-18(10-2-13)27(31)32)26-22(29)19-15-3-4-16(11-15)20(19)23(26)30/h1-10,15-16,19-20H,11-12H2/t15-,16-,19-,20+/m0/s1. The summed E-state index contributed by atoms with van der Waals surface area (Å²) < 4.78 is 0. The topological polar surface area (TPSA) is 101 Å². The number of hydrazine groups is 1. The number of nitro benzene ring substituents is 1. The first-order chi connectivity index (χ1) is 15.3. The van der Waals surface area contributed by atoms with Gasteiger partial charge in [-0.05, 0) is 48.1 Å². The summed E-state index contributed by atoms with van der Waals surface area (Å²) in [5.41, 5.74) is 0.738. The molecule has 2 aromatic carbocycles. The second-order valence-corrected chi connectivity index (χ2v) is 8.72. The Morgan fingerprint density at radius 3 is 2.09 bits per heavy atom. The number of carbonyl (C=O) groups is 3. The number of nitrogens with zero attached hydrogens (tertiary/aromatic N) is 3. The maximum atomic E-state index is 13.4. The zero-order chi connectivity index (χ0) is 22.6. The highest BCUT2D eigenvalue weighted by atomic mass is 35.5. The molecule has 3 aliphatic rings. The van der Waals surface area contributed by atoms with E-state index in [-0.39, 0.29) is 41.4 Å². The van der Waals surface area contributed by atoms with Gasteiger partial charge in [0.15, 0.2) is 0 Å². The van der Waals surface area contributed by atoms with Crippen LogP contribution in [0.2, 0.25) is 5.02 Å². The lowest BCUT2D eigenvalue weighted by molar-refractivity contribution is -0.384. The Bertz CT molecular complexity index is 1130. The van der Waals surface area contributed by atoms with E-state index in [1.165, 1.54) is 36.4 Å². The molecule has 0 unspecified atom stereocenters. The highest BCUT2D eigenvalue weighted by molar-refractivity contribution is 6.30. The lowest BCUT2D eigenvalue weighted by Gasteiger charge is -2.31. The maximum absolute atomic E-state index is 13.4. The van der Waals surface area contributed by atoms with Gasteiger partial charge in [0.2, 0.25) is 0 Å². The number of halogens is 1. The monoisotopic (exact) mass is 451 g/mol. The lowest BCUT2D eigenvalue weighted by Crippen LogP contribution is -2.50. The molecular formula is C23H18ClN3O5. The molecule has 2 aliphatic carbocycles. The largest absolute Gasteiger partial charge is 0.273 e. The van der Waals surface area contributed by atoms with E-state index in [0.29, 0.717) is 10.6 Å². The first-order valence-corrected chi connectivity index (χ1v) is 10.6. The molecule has 0 radical (unpaired) electrons. The summed E-state index contributed by atoms with van der Waals surface area (Å²) in [5, 5.41) is 13.5. The first kappa shape index (κ1) is 20.4. The summed E-state index contributed by atoms with van der Waals surface area (Å²) in [7, 11) is 0. The van der Waals surface area contributed by atoms with Crippen molar-refractivity contribution < 1.29 is 19.3 Å². The summed E-state index contributed by atoms with van der Waals surface area (Å²) in [4.78, 5) is 50.5. The van der Waals surface area contributed by atoms with Crippen LogP contribution in [0.15, 0.2) is 60.7 Å². The number of fused-ring (bicyclic) bond motifs is 5. The van der Waals surface area contributed by atoms with E-state index in [0.717, 1.165) is 16.4 Å². The predicted molar refractivity (Wildman–Crippen MR) is 114 cm³/mol. The molecule has 0 aromatic heterocycles. The van der Waals surface area contributed by atoms with Gasteiger partial charge in [-0.2, -0.15) is 5.01 Å². The molecule has 1 heterocycles. The zero-order valence-corrected chi connectivity index (χ0v) is 17.5. The van der Waals surface area contributed by atoms with Crippen molar-refractivity contribution in [2.45, 2.75) is 13.0 Å². The van der Waals surface area contributed by atoms with Gasteiger partial charge >= 0.3 is 0 Å². The molecule has 162 valence electrons. The minimum atomic E-state index is -0.526. The van der Waals surface area contributed by atoms with Crippen LogP contribution >= 0.6 is 11.6 Å². The van der Waals surface area contributed by atoms with Gasteiger partial charge in [-0.15, -0.1) is 0 Å². The second-order valence-electron chi connectivity index (χ2n) is 8.28. The van der Waals surface area contributed by atoms with Crippen molar-refractivity contribution in [3.05, 3.63) is 86.9 Å². The minimum Gasteiger partial charge on any atom is -0.272 e. The third-order valence-electron chi connectivity index (χ3n) is 6.49. The van der Waals surface area contributed by atoms with Crippen LogP contribution in [0.3, 0.4) is 0 Å². The predicted octanol–water partition coefficient (Wildman–Crippen LogP) is 3.61. The zero-order valence-electron chi connectivity index (χ0n) is 16.8. The number of imide groups is 1. The summed E-state index contributed by atoms with van der Waals surface area (Å²) >= 11 is 5.94. The summed E-state index contributed by atoms with van der Waals surface area (Å²) in [5.74, 6) is -2.15. The van der Waals surface area contributed by atoms with E-state index in [2.05, 4.69) is 0 Å².